The Kier molecular flexibility index (Phi) is 4.32. The Labute approximate surface area is 112 Å². The lowest BCUT2D eigenvalue weighted by Crippen LogP contribution is -2.19. The maximum Gasteiger partial charge on any atom is 0.170 e. The van der Waals surface area contributed by atoms with E-state index >= 15 is 0 Å². The Balaban J connectivity index is 2.14. The predicted molar refractivity (Wildman–Crippen MR) is 73.2 cm³/mol. The second-order valence-corrected chi connectivity index (χ2v) is 5.12. The molecular weight excluding hydrogens is 243 g/mol. The molecule has 0 atom stereocenters. The molecule has 0 aliphatic heterocycles. The summed E-state index contributed by atoms with van der Waals surface area (Å²) in [5.74, 6) is 0.962. The predicted octanol–water partition coefficient (Wildman–Crippen LogP) is 3.53. The van der Waals surface area contributed by atoms with Crippen molar-refractivity contribution in [2.75, 3.05) is 6.54 Å². The van der Waals surface area contributed by atoms with Gasteiger partial charge in [-0.1, -0.05) is 31.1 Å². The van der Waals surface area contributed by atoms with Gasteiger partial charge in [0.15, 0.2) is 5.76 Å². The molecule has 0 spiro atoms. The minimum absolute atomic E-state index is 0.271. The average Bonchev–Trinajstić information content (AvgIpc) is 2.71. The zero-order valence-electron chi connectivity index (χ0n) is 11.5. The molecule has 4 heteroatoms. The molecule has 0 fully saturated rings. The van der Waals surface area contributed by atoms with E-state index in [9.17, 15) is 4.39 Å². The van der Waals surface area contributed by atoms with Gasteiger partial charge < -0.3 is 9.84 Å². The van der Waals surface area contributed by atoms with Gasteiger partial charge in [0.05, 0.1) is 0 Å². The normalized spacial score (nSPS) is 11.2. The van der Waals surface area contributed by atoms with E-state index in [4.69, 9.17) is 4.52 Å². The topological polar surface area (TPSA) is 38.1 Å². The molecule has 0 radical (unpaired) electrons. The second-order valence-electron chi connectivity index (χ2n) is 5.12. The van der Waals surface area contributed by atoms with Crippen LogP contribution in [-0.2, 0) is 6.54 Å². The molecule has 0 bridgehead atoms. The number of hydrogen-bond acceptors (Lipinski definition) is 3. The van der Waals surface area contributed by atoms with Gasteiger partial charge in [0.1, 0.15) is 11.5 Å². The molecule has 1 aromatic heterocycles. The molecule has 102 valence electrons. The van der Waals surface area contributed by atoms with Crippen LogP contribution in [-0.4, -0.2) is 11.7 Å². The third kappa shape index (κ3) is 3.41. The summed E-state index contributed by atoms with van der Waals surface area (Å²) in [5, 5.41) is 7.38. The first-order valence-electron chi connectivity index (χ1n) is 6.49. The standard InChI is InChI=1S/C15H19FN2O/c1-10(2)8-17-9-14-11(3)15(19-18-14)12-5-4-6-13(16)7-12/h4-7,10,17H,8-9H2,1-3H3. The highest BCUT2D eigenvalue weighted by atomic mass is 19.1. The summed E-state index contributed by atoms with van der Waals surface area (Å²) < 4.78 is 18.5. The van der Waals surface area contributed by atoms with Crippen molar-refractivity contribution in [2.24, 2.45) is 5.92 Å². The third-order valence-corrected chi connectivity index (χ3v) is 2.95. The average molecular weight is 262 g/mol. The first kappa shape index (κ1) is 13.7. The van der Waals surface area contributed by atoms with Crippen molar-refractivity contribution >= 4 is 0 Å². The summed E-state index contributed by atoms with van der Waals surface area (Å²) in [6.45, 7) is 7.86. The van der Waals surface area contributed by atoms with Gasteiger partial charge in [0, 0.05) is 17.7 Å². The molecule has 3 nitrogen and oxygen atoms in total. The summed E-state index contributed by atoms with van der Waals surface area (Å²) in [6.07, 6.45) is 0. The molecule has 0 aliphatic rings. The van der Waals surface area contributed by atoms with Crippen molar-refractivity contribution in [3.8, 4) is 11.3 Å². The van der Waals surface area contributed by atoms with Crippen molar-refractivity contribution in [3.05, 3.63) is 41.3 Å². The Bertz CT molecular complexity index is 549. The SMILES string of the molecule is Cc1c(CNCC(C)C)noc1-c1cccc(F)c1. The van der Waals surface area contributed by atoms with Gasteiger partial charge in [-0.25, -0.2) is 4.39 Å². The van der Waals surface area contributed by atoms with Crippen LogP contribution in [0, 0.1) is 18.7 Å². The van der Waals surface area contributed by atoms with Crippen LogP contribution >= 0.6 is 0 Å². The number of benzene rings is 1. The second kappa shape index (κ2) is 5.97. The summed E-state index contributed by atoms with van der Waals surface area (Å²) >= 11 is 0. The van der Waals surface area contributed by atoms with Gasteiger partial charge in [0.2, 0.25) is 0 Å². The number of rotatable bonds is 5. The van der Waals surface area contributed by atoms with E-state index in [2.05, 4.69) is 24.3 Å². The number of aromatic nitrogens is 1. The van der Waals surface area contributed by atoms with Crippen molar-refractivity contribution in [1.82, 2.24) is 10.5 Å². The molecule has 1 heterocycles. The van der Waals surface area contributed by atoms with Gasteiger partial charge >= 0.3 is 0 Å². The Morgan fingerprint density at radius 1 is 1.37 bits per heavy atom. The fourth-order valence-corrected chi connectivity index (χ4v) is 1.91. The van der Waals surface area contributed by atoms with Gasteiger partial charge in [-0.15, -0.1) is 0 Å². The van der Waals surface area contributed by atoms with Crippen molar-refractivity contribution in [1.29, 1.82) is 0 Å². The van der Waals surface area contributed by atoms with Crippen molar-refractivity contribution in [3.63, 3.8) is 0 Å². The fraction of sp³-hybridized carbons (Fsp3) is 0.400. The quantitative estimate of drug-likeness (QED) is 0.895. The maximum atomic E-state index is 13.2. The molecular formula is C15H19FN2O. The largest absolute Gasteiger partial charge is 0.356 e. The highest BCUT2D eigenvalue weighted by molar-refractivity contribution is 5.61. The van der Waals surface area contributed by atoms with E-state index in [1.54, 1.807) is 6.07 Å². The zero-order valence-corrected chi connectivity index (χ0v) is 11.5. The molecule has 0 saturated carbocycles. The molecule has 2 aromatic rings. The molecule has 1 N–H and O–H groups in total. The first-order valence-corrected chi connectivity index (χ1v) is 6.49. The molecule has 0 unspecified atom stereocenters. The van der Waals surface area contributed by atoms with Gasteiger partial charge in [-0.3, -0.25) is 0 Å². The van der Waals surface area contributed by atoms with Gasteiger partial charge in [-0.05, 0) is 31.5 Å². The number of halogens is 1. The zero-order chi connectivity index (χ0) is 13.8. The fourth-order valence-electron chi connectivity index (χ4n) is 1.91. The third-order valence-electron chi connectivity index (χ3n) is 2.95. The van der Waals surface area contributed by atoms with Crippen LogP contribution in [0.4, 0.5) is 4.39 Å². The number of hydrogen-bond donors (Lipinski definition) is 1. The van der Waals surface area contributed by atoms with Crippen LogP contribution in [0.2, 0.25) is 0 Å². The minimum Gasteiger partial charge on any atom is -0.356 e. The summed E-state index contributed by atoms with van der Waals surface area (Å²) in [7, 11) is 0. The molecule has 0 amide bonds. The molecule has 0 saturated heterocycles. The lowest BCUT2D eigenvalue weighted by molar-refractivity contribution is 0.417. The first-order chi connectivity index (χ1) is 9.08. The Morgan fingerprint density at radius 3 is 2.84 bits per heavy atom. The van der Waals surface area contributed by atoms with E-state index in [1.807, 2.05) is 13.0 Å². The lowest BCUT2D eigenvalue weighted by Gasteiger charge is -2.05. The van der Waals surface area contributed by atoms with E-state index in [1.165, 1.54) is 12.1 Å². The number of nitrogens with zero attached hydrogens (tertiary/aromatic N) is 1. The molecule has 2 rings (SSSR count). The van der Waals surface area contributed by atoms with E-state index < -0.39 is 0 Å². The molecule has 1 aromatic carbocycles. The summed E-state index contributed by atoms with van der Waals surface area (Å²) in [5.41, 5.74) is 2.56. The highest BCUT2D eigenvalue weighted by Crippen LogP contribution is 2.26. The van der Waals surface area contributed by atoms with Crippen molar-refractivity contribution < 1.29 is 8.91 Å². The minimum atomic E-state index is -0.271. The van der Waals surface area contributed by atoms with E-state index in [0.29, 0.717) is 18.2 Å². The van der Waals surface area contributed by atoms with Crippen LogP contribution in [0.15, 0.2) is 28.8 Å². The van der Waals surface area contributed by atoms with Crippen LogP contribution in [0.1, 0.15) is 25.1 Å². The van der Waals surface area contributed by atoms with Crippen LogP contribution < -0.4 is 5.32 Å². The van der Waals surface area contributed by atoms with Crippen LogP contribution in [0.5, 0.6) is 0 Å². The Morgan fingerprint density at radius 2 is 2.16 bits per heavy atom. The smallest absolute Gasteiger partial charge is 0.170 e. The van der Waals surface area contributed by atoms with E-state index in [-0.39, 0.29) is 5.82 Å². The summed E-state index contributed by atoms with van der Waals surface area (Å²) in [6, 6.07) is 6.37. The molecule has 19 heavy (non-hydrogen) atoms. The maximum absolute atomic E-state index is 13.2. The Hall–Kier alpha value is -1.68. The van der Waals surface area contributed by atoms with Crippen LogP contribution in [0.25, 0.3) is 11.3 Å². The van der Waals surface area contributed by atoms with Gasteiger partial charge in [-0.2, -0.15) is 0 Å². The van der Waals surface area contributed by atoms with E-state index in [0.717, 1.165) is 23.4 Å². The highest BCUT2D eigenvalue weighted by Gasteiger charge is 2.13. The summed E-state index contributed by atoms with van der Waals surface area (Å²) in [4.78, 5) is 0. The number of nitrogens with one attached hydrogen (secondary N) is 1. The molecule has 0 aliphatic carbocycles. The van der Waals surface area contributed by atoms with Crippen molar-refractivity contribution in [2.45, 2.75) is 27.3 Å². The monoisotopic (exact) mass is 262 g/mol. The van der Waals surface area contributed by atoms with Gasteiger partial charge in [0.25, 0.3) is 0 Å². The van der Waals surface area contributed by atoms with Crippen LogP contribution in [0.3, 0.4) is 0 Å². The lowest BCUT2D eigenvalue weighted by atomic mass is 10.1.